The van der Waals surface area contributed by atoms with Gasteiger partial charge >= 0.3 is 0 Å². The SMILES string of the molecule is C=C[C@H](O)[C@H]1O[C@@H]1/C=C/[C@H]1O[C@@H]1[C@H](C)O. The molecule has 2 aliphatic heterocycles. The average molecular weight is 212 g/mol. The Morgan fingerprint density at radius 3 is 2.13 bits per heavy atom. The fourth-order valence-electron chi connectivity index (χ4n) is 1.60. The summed E-state index contributed by atoms with van der Waals surface area (Å²) in [7, 11) is 0. The molecule has 0 unspecified atom stereocenters. The van der Waals surface area contributed by atoms with E-state index in [0.717, 1.165) is 0 Å². The Balaban J connectivity index is 1.72. The molecule has 0 aromatic heterocycles. The Morgan fingerprint density at radius 2 is 1.67 bits per heavy atom. The van der Waals surface area contributed by atoms with Gasteiger partial charge in [-0.15, -0.1) is 6.58 Å². The standard InChI is InChI=1S/C11H16O4/c1-3-7(13)11-9(15-11)5-4-8-10(14-8)6(2)12/h3-13H,1H2,2H3/b5-4+/t6-,7-,8+,9+,10+,11+/m0/s1. The molecule has 84 valence electrons. The molecule has 2 aliphatic rings. The third kappa shape index (κ3) is 2.46. The zero-order valence-electron chi connectivity index (χ0n) is 8.61. The number of aliphatic hydroxyl groups excluding tert-OH is 2. The maximum Gasteiger partial charge on any atom is 0.118 e. The van der Waals surface area contributed by atoms with Crippen molar-refractivity contribution in [3.8, 4) is 0 Å². The van der Waals surface area contributed by atoms with E-state index in [1.807, 2.05) is 12.2 Å². The first-order valence-corrected chi connectivity index (χ1v) is 5.11. The first-order valence-electron chi connectivity index (χ1n) is 5.11. The lowest BCUT2D eigenvalue weighted by Crippen LogP contribution is -2.12. The van der Waals surface area contributed by atoms with Crippen molar-refractivity contribution in [2.75, 3.05) is 0 Å². The molecule has 6 atom stereocenters. The highest BCUT2D eigenvalue weighted by atomic mass is 16.6. The zero-order valence-corrected chi connectivity index (χ0v) is 8.61. The number of aliphatic hydroxyl groups is 2. The molecule has 0 bridgehead atoms. The smallest absolute Gasteiger partial charge is 0.118 e. The normalized spacial score (nSPS) is 42.6. The van der Waals surface area contributed by atoms with E-state index in [9.17, 15) is 10.2 Å². The van der Waals surface area contributed by atoms with Crippen LogP contribution in [0.1, 0.15) is 6.92 Å². The van der Waals surface area contributed by atoms with Crippen LogP contribution in [0.25, 0.3) is 0 Å². The molecule has 2 saturated heterocycles. The summed E-state index contributed by atoms with van der Waals surface area (Å²) in [4.78, 5) is 0. The van der Waals surface area contributed by atoms with Crippen LogP contribution in [0.4, 0.5) is 0 Å². The minimum Gasteiger partial charge on any atom is -0.391 e. The van der Waals surface area contributed by atoms with Gasteiger partial charge in [0.25, 0.3) is 0 Å². The summed E-state index contributed by atoms with van der Waals surface area (Å²) >= 11 is 0. The van der Waals surface area contributed by atoms with Crippen molar-refractivity contribution < 1.29 is 19.7 Å². The molecular formula is C11H16O4. The topological polar surface area (TPSA) is 65.5 Å². The van der Waals surface area contributed by atoms with E-state index >= 15 is 0 Å². The third-order valence-electron chi connectivity index (χ3n) is 2.67. The Bertz CT molecular complexity index is 274. The first-order chi connectivity index (χ1) is 7.13. The van der Waals surface area contributed by atoms with Gasteiger partial charge in [0.1, 0.15) is 30.5 Å². The highest BCUT2D eigenvalue weighted by Crippen LogP contribution is 2.31. The number of ether oxygens (including phenoxy) is 2. The molecule has 0 spiro atoms. The van der Waals surface area contributed by atoms with Gasteiger partial charge in [0.15, 0.2) is 0 Å². The van der Waals surface area contributed by atoms with Crippen LogP contribution in [0.15, 0.2) is 24.8 Å². The first kappa shape index (κ1) is 10.8. The van der Waals surface area contributed by atoms with Gasteiger partial charge in [0.05, 0.1) is 6.10 Å². The second kappa shape index (κ2) is 4.06. The lowest BCUT2D eigenvalue weighted by Gasteiger charge is -1.96. The third-order valence-corrected chi connectivity index (χ3v) is 2.67. The predicted octanol–water partition coefficient (Wildman–Crippen LogP) is 0.00510. The quantitative estimate of drug-likeness (QED) is 0.497. The monoisotopic (exact) mass is 212 g/mol. The Kier molecular flexibility index (Phi) is 2.93. The Morgan fingerprint density at radius 1 is 1.13 bits per heavy atom. The minimum absolute atomic E-state index is 0.00396. The van der Waals surface area contributed by atoms with E-state index in [0.29, 0.717) is 0 Å². The molecule has 0 aromatic rings. The van der Waals surface area contributed by atoms with E-state index < -0.39 is 12.2 Å². The van der Waals surface area contributed by atoms with Gasteiger partial charge in [0, 0.05) is 0 Å². The van der Waals surface area contributed by atoms with Crippen LogP contribution in [0.3, 0.4) is 0 Å². The summed E-state index contributed by atoms with van der Waals surface area (Å²) in [6.07, 6.45) is 3.87. The maximum absolute atomic E-state index is 9.34. The highest BCUT2D eigenvalue weighted by Gasteiger charge is 2.44. The van der Waals surface area contributed by atoms with Crippen molar-refractivity contribution in [3.05, 3.63) is 24.8 Å². The molecule has 4 heteroatoms. The van der Waals surface area contributed by atoms with Crippen LogP contribution in [-0.2, 0) is 9.47 Å². The van der Waals surface area contributed by atoms with Crippen LogP contribution in [-0.4, -0.2) is 46.8 Å². The van der Waals surface area contributed by atoms with Crippen molar-refractivity contribution in [1.82, 2.24) is 0 Å². The van der Waals surface area contributed by atoms with Gasteiger partial charge in [-0.1, -0.05) is 18.2 Å². The van der Waals surface area contributed by atoms with Crippen LogP contribution >= 0.6 is 0 Å². The van der Waals surface area contributed by atoms with E-state index in [1.165, 1.54) is 6.08 Å². The largest absolute Gasteiger partial charge is 0.391 e. The maximum atomic E-state index is 9.34. The lowest BCUT2D eigenvalue weighted by atomic mass is 10.1. The molecule has 0 radical (unpaired) electrons. The summed E-state index contributed by atoms with van der Waals surface area (Å²) in [6, 6.07) is 0. The molecule has 2 N–H and O–H groups in total. The second-order valence-corrected chi connectivity index (χ2v) is 3.98. The number of epoxide rings is 2. The molecule has 0 saturated carbocycles. The van der Waals surface area contributed by atoms with E-state index in [-0.39, 0.29) is 24.4 Å². The van der Waals surface area contributed by atoms with Crippen LogP contribution in [0.2, 0.25) is 0 Å². The van der Waals surface area contributed by atoms with Crippen LogP contribution in [0, 0.1) is 0 Å². The van der Waals surface area contributed by atoms with Crippen molar-refractivity contribution in [2.24, 2.45) is 0 Å². The molecular weight excluding hydrogens is 196 g/mol. The zero-order chi connectivity index (χ0) is 11.0. The summed E-state index contributed by atoms with van der Waals surface area (Å²) in [5.74, 6) is 0. The summed E-state index contributed by atoms with van der Waals surface area (Å²) in [5, 5.41) is 18.5. The lowest BCUT2D eigenvalue weighted by molar-refractivity contribution is 0.152. The molecule has 4 nitrogen and oxygen atoms in total. The van der Waals surface area contributed by atoms with Crippen molar-refractivity contribution in [3.63, 3.8) is 0 Å². The molecule has 15 heavy (non-hydrogen) atoms. The van der Waals surface area contributed by atoms with Gasteiger partial charge in [-0.3, -0.25) is 0 Å². The Hall–Kier alpha value is -0.680. The fraction of sp³-hybridized carbons (Fsp3) is 0.636. The molecule has 0 amide bonds. The Labute approximate surface area is 88.8 Å². The van der Waals surface area contributed by atoms with Crippen molar-refractivity contribution >= 4 is 0 Å². The van der Waals surface area contributed by atoms with Crippen molar-refractivity contribution in [2.45, 2.75) is 43.5 Å². The van der Waals surface area contributed by atoms with Gasteiger partial charge in [-0.25, -0.2) is 0 Å². The summed E-state index contributed by atoms with van der Waals surface area (Å²) in [6.45, 7) is 5.19. The second-order valence-electron chi connectivity index (χ2n) is 3.98. The minimum atomic E-state index is -0.604. The molecule has 2 fully saturated rings. The van der Waals surface area contributed by atoms with E-state index in [4.69, 9.17) is 9.47 Å². The van der Waals surface area contributed by atoms with Gasteiger partial charge < -0.3 is 19.7 Å². The molecule has 2 rings (SSSR count). The fourth-order valence-corrected chi connectivity index (χ4v) is 1.60. The summed E-state index contributed by atoms with van der Waals surface area (Å²) in [5.41, 5.74) is 0. The number of hydrogen-bond acceptors (Lipinski definition) is 4. The van der Waals surface area contributed by atoms with Crippen molar-refractivity contribution in [1.29, 1.82) is 0 Å². The number of rotatable bonds is 5. The average Bonchev–Trinajstić information content (AvgIpc) is 3.06. The van der Waals surface area contributed by atoms with Crippen LogP contribution in [0.5, 0.6) is 0 Å². The molecule has 2 heterocycles. The predicted molar refractivity (Wildman–Crippen MR) is 54.3 cm³/mol. The number of hydrogen-bond donors (Lipinski definition) is 2. The highest BCUT2D eigenvalue weighted by molar-refractivity contribution is 5.13. The van der Waals surface area contributed by atoms with Crippen LogP contribution < -0.4 is 0 Å². The van der Waals surface area contributed by atoms with Gasteiger partial charge in [-0.05, 0) is 6.92 Å². The van der Waals surface area contributed by atoms with E-state index in [2.05, 4.69) is 6.58 Å². The molecule has 0 aliphatic carbocycles. The summed E-state index contributed by atoms with van der Waals surface area (Å²) < 4.78 is 10.4. The molecule has 0 aromatic carbocycles. The van der Waals surface area contributed by atoms with Gasteiger partial charge in [0.2, 0.25) is 0 Å². The van der Waals surface area contributed by atoms with Gasteiger partial charge in [-0.2, -0.15) is 0 Å². The van der Waals surface area contributed by atoms with E-state index in [1.54, 1.807) is 6.92 Å².